The number of hydrogen-bond donors (Lipinski definition) is 0. The van der Waals surface area contributed by atoms with Crippen LogP contribution in [0.15, 0.2) is 297 Å². The second-order valence-corrected chi connectivity index (χ2v) is 17.8. The number of benzene rings is 12. The summed E-state index contributed by atoms with van der Waals surface area (Å²) in [5.41, 5.74) is 17.2. The van der Waals surface area contributed by atoms with Gasteiger partial charge in [0.05, 0.1) is 5.48 Å². The normalized spacial score (nSPS) is 11.9. The van der Waals surface area contributed by atoms with Crippen molar-refractivity contribution in [1.82, 2.24) is 0 Å². The topological polar surface area (TPSA) is 3.24 Å². The van der Waals surface area contributed by atoms with Crippen molar-refractivity contribution in [3.8, 4) is 89.0 Å². The lowest BCUT2D eigenvalue weighted by Gasteiger charge is -2.26. The highest BCUT2D eigenvalue weighted by Gasteiger charge is 2.18. The van der Waals surface area contributed by atoms with Crippen molar-refractivity contribution in [2.75, 3.05) is 4.90 Å². The molecule has 0 radical (unpaired) electrons. The first-order valence-corrected chi connectivity index (χ1v) is 24.1. The first-order chi connectivity index (χ1) is 36.9. The summed E-state index contributed by atoms with van der Waals surface area (Å²) in [4.78, 5) is 1.88. The Hall–Kier alpha value is -9.30. The minimum absolute atomic E-state index is 0.120. The molecule has 0 saturated carbocycles. The quantitative estimate of drug-likeness (QED) is 0.125. The van der Waals surface area contributed by atoms with Gasteiger partial charge in [0, 0.05) is 17.1 Å². The van der Waals surface area contributed by atoms with Gasteiger partial charge >= 0.3 is 0 Å². The lowest BCUT2D eigenvalue weighted by Crippen LogP contribution is -2.09. The minimum Gasteiger partial charge on any atom is -0.311 e. The van der Waals surface area contributed by atoms with Gasteiger partial charge in [-0.2, -0.15) is 0 Å². The molecule has 0 spiro atoms. The molecule has 0 aromatic heterocycles. The van der Waals surface area contributed by atoms with E-state index < -0.39 is 0 Å². The maximum absolute atomic E-state index is 9.88. The molecule has 0 fully saturated rings. The van der Waals surface area contributed by atoms with Gasteiger partial charge in [-0.05, 0) is 160 Å². The van der Waals surface area contributed by atoms with Gasteiger partial charge in [-0.15, -0.1) is 0 Å². The maximum atomic E-state index is 9.88. The van der Waals surface area contributed by atoms with Gasteiger partial charge in [0.2, 0.25) is 0 Å². The van der Waals surface area contributed by atoms with Crippen LogP contribution < -0.4 is 4.90 Å². The number of fused-ring (bicyclic) bond motifs is 1. The van der Waals surface area contributed by atoms with Crippen LogP contribution in [0.3, 0.4) is 0 Å². The van der Waals surface area contributed by atoms with Gasteiger partial charge in [-0.3, -0.25) is 0 Å². The Kier molecular flexibility index (Phi) is 10.5. The average molecular weight is 908 g/mol. The van der Waals surface area contributed by atoms with E-state index in [9.17, 15) is 5.48 Å². The number of hydrogen-bond acceptors (Lipinski definition) is 1. The molecule has 0 N–H and O–H groups in total. The van der Waals surface area contributed by atoms with Gasteiger partial charge < -0.3 is 4.90 Å². The monoisotopic (exact) mass is 907 g/mol. The molecule has 0 aliphatic heterocycles. The zero-order valence-electron chi connectivity index (χ0n) is 42.9. The molecule has 0 aliphatic carbocycles. The highest BCUT2D eigenvalue weighted by molar-refractivity contribution is 6.04. The van der Waals surface area contributed by atoms with Crippen LogP contribution in [-0.4, -0.2) is 0 Å². The molecule has 1 heteroatoms. The molecular weight excluding hydrogens is 855 g/mol. The van der Waals surface area contributed by atoms with Gasteiger partial charge in [-0.25, -0.2) is 0 Å². The molecule has 0 atom stereocenters. The predicted octanol–water partition coefficient (Wildman–Crippen LogP) is 19.6. The Morgan fingerprint density at radius 1 is 0.225 bits per heavy atom. The van der Waals surface area contributed by atoms with Crippen molar-refractivity contribution in [3.05, 3.63) is 297 Å². The van der Waals surface area contributed by atoms with Crippen LogP contribution in [0.1, 0.15) is 5.48 Å². The Bertz CT molecular complexity index is 3910. The Balaban J connectivity index is 1.01. The van der Waals surface area contributed by atoms with E-state index in [2.05, 4.69) is 176 Å². The largest absolute Gasteiger partial charge is 0.311 e. The van der Waals surface area contributed by atoms with Crippen molar-refractivity contribution < 1.29 is 5.48 Å². The van der Waals surface area contributed by atoms with Crippen molar-refractivity contribution in [2.24, 2.45) is 0 Å². The van der Waals surface area contributed by atoms with E-state index in [0.717, 1.165) is 88.7 Å². The van der Waals surface area contributed by atoms with Crippen LogP contribution in [0.2, 0.25) is 0 Å². The second kappa shape index (κ2) is 19.4. The standard InChI is InChI=1S/C70H49N/c1-6-18-50(19-7-1)60-46-61(51-20-8-2-9-21-51)48-62(47-60)53-32-40-64(41-33-53)71(65-42-34-57(35-43-65)68-45-36-56-26-16-17-29-67(56)70(68)58-27-14-5-15-28-58)63-38-30-52(31-39-63)59-37-44-66(54-22-10-3-11-23-54)69(49-59)55-24-12-4-13-25-55/h1-49H/i30D,31D,38D,39D. The lowest BCUT2D eigenvalue weighted by molar-refractivity contribution is 1.28. The first kappa shape index (κ1) is 38.6. The van der Waals surface area contributed by atoms with E-state index in [4.69, 9.17) is 0 Å². The summed E-state index contributed by atoms with van der Waals surface area (Å²) in [6, 6.07) is 93.0. The molecule has 0 heterocycles. The molecule has 12 aromatic rings. The van der Waals surface area contributed by atoms with E-state index >= 15 is 0 Å². The molecule has 0 bridgehead atoms. The average Bonchev–Trinajstić information content (AvgIpc) is 3.49. The third kappa shape index (κ3) is 8.85. The SMILES string of the molecule is [2H]c1c([2H])c(N(c2ccc(-c3cc(-c4ccccc4)cc(-c4ccccc4)c3)cc2)c2ccc(-c3ccc4ccccc4c3-c3ccccc3)cc2)c([2H])c([2H])c1-c1ccc(-c2ccccc2)c(-c2ccccc2)c1. The molecular formula is C70H49N. The van der Waals surface area contributed by atoms with E-state index in [1.807, 2.05) is 102 Å². The van der Waals surface area contributed by atoms with E-state index in [1.54, 1.807) is 0 Å². The fraction of sp³-hybridized carbons (Fsp3) is 0. The summed E-state index contributed by atoms with van der Waals surface area (Å²) < 4.78 is 39.3. The smallest absolute Gasteiger partial charge is 0.0645 e. The third-order valence-electron chi connectivity index (χ3n) is 13.3. The molecule has 12 aromatic carbocycles. The van der Waals surface area contributed by atoms with Crippen LogP contribution >= 0.6 is 0 Å². The molecule has 12 rings (SSSR count). The molecule has 0 amide bonds. The summed E-state index contributed by atoms with van der Waals surface area (Å²) in [5.74, 6) is 0. The number of rotatable bonds is 11. The van der Waals surface area contributed by atoms with Crippen LogP contribution in [0.4, 0.5) is 17.1 Å². The maximum Gasteiger partial charge on any atom is 0.0645 e. The van der Waals surface area contributed by atoms with Gasteiger partial charge in [0.25, 0.3) is 0 Å². The molecule has 0 aliphatic rings. The molecule has 71 heavy (non-hydrogen) atoms. The van der Waals surface area contributed by atoms with E-state index in [1.165, 1.54) is 0 Å². The van der Waals surface area contributed by atoms with Crippen LogP contribution in [0, 0.1) is 0 Å². The predicted molar refractivity (Wildman–Crippen MR) is 302 cm³/mol. The van der Waals surface area contributed by atoms with Crippen molar-refractivity contribution in [2.45, 2.75) is 0 Å². The second-order valence-electron chi connectivity index (χ2n) is 17.8. The molecule has 0 saturated heterocycles. The van der Waals surface area contributed by atoms with Crippen molar-refractivity contribution in [1.29, 1.82) is 0 Å². The Morgan fingerprint density at radius 3 is 1.15 bits per heavy atom. The highest BCUT2D eigenvalue weighted by Crippen LogP contribution is 2.43. The van der Waals surface area contributed by atoms with E-state index in [0.29, 0.717) is 16.9 Å². The summed E-state index contributed by atoms with van der Waals surface area (Å²) in [7, 11) is 0. The Morgan fingerprint density at radius 2 is 0.620 bits per heavy atom. The molecule has 1 nitrogen and oxygen atoms in total. The van der Waals surface area contributed by atoms with Gasteiger partial charge in [0.1, 0.15) is 0 Å². The van der Waals surface area contributed by atoms with Crippen molar-refractivity contribution in [3.63, 3.8) is 0 Å². The van der Waals surface area contributed by atoms with Gasteiger partial charge in [-0.1, -0.05) is 237 Å². The lowest BCUT2D eigenvalue weighted by atomic mass is 9.89. The fourth-order valence-electron chi connectivity index (χ4n) is 9.80. The Labute approximate surface area is 422 Å². The molecule has 0 unspecified atom stereocenters. The number of anilines is 3. The first-order valence-electron chi connectivity index (χ1n) is 26.1. The zero-order valence-corrected chi connectivity index (χ0v) is 38.9. The summed E-state index contributed by atoms with van der Waals surface area (Å²) in [6.45, 7) is 0. The highest BCUT2D eigenvalue weighted by atomic mass is 15.1. The summed E-state index contributed by atoms with van der Waals surface area (Å²) in [6.07, 6.45) is 0. The molecule has 334 valence electrons. The third-order valence-corrected chi connectivity index (χ3v) is 13.3. The summed E-state index contributed by atoms with van der Waals surface area (Å²) >= 11 is 0. The van der Waals surface area contributed by atoms with E-state index in [-0.39, 0.29) is 35.4 Å². The summed E-state index contributed by atoms with van der Waals surface area (Å²) in [5, 5.41) is 2.32. The van der Waals surface area contributed by atoms with Crippen LogP contribution in [-0.2, 0) is 0 Å². The zero-order chi connectivity index (χ0) is 50.8. The van der Waals surface area contributed by atoms with Crippen LogP contribution in [0.5, 0.6) is 0 Å². The fourth-order valence-corrected chi connectivity index (χ4v) is 9.80. The van der Waals surface area contributed by atoms with Crippen LogP contribution in [0.25, 0.3) is 99.8 Å². The number of nitrogens with zero attached hydrogens (tertiary/aromatic N) is 1. The van der Waals surface area contributed by atoms with Gasteiger partial charge in [0.15, 0.2) is 0 Å². The minimum atomic E-state index is -0.142. The van der Waals surface area contributed by atoms with Crippen molar-refractivity contribution >= 4 is 27.8 Å².